The standard InChI is InChI=1S/C32H55ClO6Si4.CH4/c1-14-34-25-18-15-23(16-19-25)26-21-24(17-20-27(26)33)29-31(38-42(8,9)10)32(39-43(11,12)13)30(37-41(5,6)7)28(36-29)22-35-40(2,3)4;/h15-21,28-32H,14,22H2,1-13H3;1H4/t28-,29?,30-,31+,32+;/m1./s1. The molecule has 0 saturated carbocycles. The molecule has 0 aliphatic carbocycles. The van der Waals surface area contributed by atoms with E-state index in [9.17, 15) is 0 Å². The van der Waals surface area contributed by atoms with Crippen LogP contribution in [0.5, 0.6) is 5.75 Å². The molecule has 2 aromatic carbocycles. The lowest BCUT2D eigenvalue weighted by Gasteiger charge is -2.51. The minimum Gasteiger partial charge on any atom is -0.494 e. The summed E-state index contributed by atoms with van der Waals surface area (Å²) in [5.74, 6) is 0.836. The smallest absolute Gasteiger partial charge is 0.184 e. The number of rotatable bonds is 13. The molecule has 6 nitrogen and oxygen atoms in total. The summed E-state index contributed by atoms with van der Waals surface area (Å²) in [5, 5.41) is 0.680. The predicted octanol–water partition coefficient (Wildman–Crippen LogP) is 9.99. The molecular weight excluding hydrogens is 640 g/mol. The normalized spacial score (nSPS) is 23.3. The molecule has 1 aliphatic heterocycles. The van der Waals surface area contributed by atoms with Gasteiger partial charge in [0.2, 0.25) is 0 Å². The molecule has 1 heterocycles. The Labute approximate surface area is 277 Å². The molecule has 1 aliphatic rings. The maximum Gasteiger partial charge on any atom is 0.184 e. The Balaban J connectivity index is 0.00000675. The third-order valence-corrected chi connectivity index (χ3v) is 10.9. The Morgan fingerprint density at radius 2 is 1.20 bits per heavy atom. The van der Waals surface area contributed by atoms with Gasteiger partial charge in [0.15, 0.2) is 33.3 Å². The largest absolute Gasteiger partial charge is 0.494 e. The second kappa shape index (κ2) is 15.4. The molecule has 0 spiro atoms. The van der Waals surface area contributed by atoms with E-state index in [1.165, 1.54) is 0 Å². The van der Waals surface area contributed by atoms with Gasteiger partial charge in [0.25, 0.3) is 0 Å². The van der Waals surface area contributed by atoms with E-state index in [2.05, 4.69) is 90.7 Å². The summed E-state index contributed by atoms with van der Waals surface area (Å²) in [6, 6.07) is 14.2. The Kier molecular flexibility index (Phi) is 13.8. The molecule has 0 N–H and O–H groups in total. The zero-order valence-corrected chi connectivity index (χ0v) is 33.4. The lowest BCUT2D eigenvalue weighted by atomic mass is 9.90. The first-order valence-electron chi connectivity index (χ1n) is 15.5. The van der Waals surface area contributed by atoms with Crippen LogP contribution in [0.15, 0.2) is 42.5 Å². The summed E-state index contributed by atoms with van der Waals surface area (Å²) >= 11 is 6.81. The second-order valence-electron chi connectivity index (χ2n) is 15.3. The van der Waals surface area contributed by atoms with E-state index in [1.807, 2.05) is 37.3 Å². The average Bonchev–Trinajstić information content (AvgIpc) is 2.84. The zero-order valence-electron chi connectivity index (χ0n) is 28.7. The number of halogens is 1. The van der Waals surface area contributed by atoms with Gasteiger partial charge in [-0.15, -0.1) is 0 Å². The molecule has 0 amide bonds. The minimum atomic E-state index is -2.05. The third-order valence-electron chi connectivity index (χ3n) is 6.58. The highest BCUT2D eigenvalue weighted by atomic mass is 35.5. The van der Waals surface area contributed by atoms with Crippen molar-refractivity contribution in [2.24, 2.45) is 0 Å². The topological polar surface area (TPSA) is 55.4 Å². The van der Waals surface area contributed by atoms with Gasteiger partial charge in [-0.05, 0) is 121 Å². The predicted molar refractivity (Wildman–Crippen MR) is 196 cm³/mol. The van der Waals surface area contributed by atoms with E-state index >= 15 is 0 Å². The van der Waals surface area contributed by atoms with Crippen LogP contribution < -0.4 is 4.74 Å². The fourth-order valence-electron chi connectivity index (χ4n) is 5.12. The van der Waals surface area contributed by atoms with E-state index in [0.29, 0.717) is 18.2 Å². The quantitative estimate of drug-likeness (QED) is 0.194. The summed E-state index contributed by atoms with van der Waals surface area (Å²) < 4.78 is 40.3. The van der Waals surface area contributed by atoms with Crippen LogP contribution in [0.3, 0.4) is 0 Å². The fourth-order valence-corrected chi connectivity index (χ4v) is 9.27. The second-order valence-corrected chi connectivity index (χ2v) is 33.6. The van der Waals surface area contributed by atoms with E-state index in [4.69, 9.17) is 38.8 Å². The SMILES string of the molecule is C.CCOc1ccc(-c2cc(C3O[C@H](CO[Si](C)(C)C)[C@@H](O[Si](C)(C)C)[C@H](O[Si](C)(C)C)[C@H]3O[Si](C)(C)C)ccc2Cl)cc1. The molecule has 5 atom stereocenters. The first-order chi connectivity index (χ1) is 19.7. The van der Waals surface area contributed by atoms with E-state index in [1.54, 1.807) is 0 Å². The van der Waals surface area contributed by atoms with Gasteiger partial charge < -0.3 is 27.2 Å². The van der Waals surface area contributed by atoms with Crippen molar-refractivity contribution in [1.82, 2.24) is 0 Å². The van der Waals surface area contributed by atoms with Gasteiger partial charge in [-0.25, -0.2) is 0 Å². The van der Waals surface area contributed by atoms with Crippen molar-refractivity contribution in [3.63, 3.8) is 0 Å². The summed E-state index contributed by atoms with van der Waals surface area (Å²) in [6.45, 7) is 29.7. The number of hydrogen-bond donors (Lipinski definition) is 0. The summed E-state index contributed by atoms with van der Waals surface area (Å²) in [5.41, 5.74) is 2.96. The van der Waals surface area contributed by atoms with Gasteiger partial charge in [-0.1, -0.05) is 37.2 Å². The molecule has 1 fully saturated rings. The molecule has 44 heavy (non-hydrogen) atoms. The van der Waals surface area contributed by atoms with Crippen LogP contribution in [0.25, 0.3) is 11.1 Å². The molecule has 250 valence electrons. The van der Waals surface area contributed by atoms with Crippen molar-refractivity contribution < 1.29 is 27.2 Å². The highest BCUT2D eigenvalue weighted by Crippen LogP contribution is 2.42. The van der Waals surface area contributed by atoms with Crippen molar-refractivity contribution in [3.05, 3.63) is 53.1 Å². The summed E-state index contributed by atoms with van der Waals surface area (Å²) in [4.78, 5) is 0. The van der Waals surface area contributed by atoms with E-state index in [-0.39, 0.29) is 37.9 Å². The van der Waals surface area contributed by atoms with Crippen molar-refractivity contribution >= 4 is 44.9 Å². The van der Waals surface area contributed by atoms with Gasteiger partial charge in [0.1, 0.15) is 36.3 Å². The first kappa shape index (κ1) is 39.4. The van der Waals surface area contributed by atoms with Crippen LogP contribution in [0, 0.1) is 0 Å². The first-order valence-corrected chi connectivity index (χ1v) is 29.5. The number of hydrogen-bond acceptors (Lipinski definition) is 6. The molecule has 1 saturated heterocycles. The van der Waals surface area contributed by atoms with E-state index in [0.717, 1.165) is 22.4 Å². The fraction of sp³-hybridized carbons (Fsp3) is 0.636. The third kappa shape index (κ3) is 12.1. The molecule has 11 heteroatoms. The minimum absolute atomic E-state index is 0. The summed E-state index contributed by atoms with van der Waals surface area (Å²) in [6.07, 6.45) is -1.65. The molecular formula is C33H59ClO6Si4. The monoisotopic (exact) mass is 698 g/mol. The van der Waals surface area contributed by atoms with Crippen molar-refractivity contribution in [3.8, 4) is 16.9 Å². The molecule has 3 rings (SSSR count). The lowest BCUT2D eigenvalue weighted by Crippen LogP contribution is -2.63. The Bertz CT molecular complexity index is 1190. The van der Waals surface area contributed by atoms with Crippen molar-refractivity contribution in [2.75, 3.05) is 13.2 Å². The van der Waals surface area contributed by atoms with Crippen LogP contribution in [0.1, 0.15) is 26.0 Å². The van der Waals surface area contributed by atoms with Crippen molar-refractivity contribution in [2.45, 2.75) is 123 Å². The van der Waals surface area contributed by atoms with Gasteiger partial charge in [0.05, 0.1) is 13.2 Å². The Hall–Kier alpha value is -0.802. The number of benzene rings is 2. The summed E-state index contributed by atoms with van der Waals surface area (Å²) in [7, 11) is -7.92. The Morgan fingerprint density at radius 3 is 1.70 bits per heavy atom. The van der Waals surface area contributed by atoms with Gasteiger partial charge >= 0.3 is 0 Å². The molecule has 0 aromatic heterocycles. The van der Waals surface area contributed by atoms with Crippen LogP contribution in [0.2, 0.25) is 83.6 Å². The van der Waals surface area contributed by atoms with Crippen LogP contribution in [-0.4, -0.2) is 70.9 Å². The Morgan fingerprint density at radius 1 is 0.682 bits per heavy atom. The molecule has 2 aromatic rings. The van der Waals surface area contributed by atoms with Crippen LogP contribution >= 0.6 is 11.6 Å². The van der Waals surface area contributed by atoms with Crippen LogP contribution in [-0.2, 0) is 22.4 Å². The maximum absolute atomic E-state index is 7.08. The number of ether oxygens (including phenoxy) is 2. The highest BCUT2D eigenvalue weighted by Gasteiger charge is 2.52. The lowest BCUT2D eigenvalue weighted by molar-refractivity contribution is -0.216. The van der Waals surface area contributed by atoms with Gasteiger partial charge in [-0.2, -0.15) is 0 Å². The molecule has 0 bridgehead atoms. The maximum atomic E-state index is 7.08. The zero-order chi connectivity index (χ0) is 32.4. The average molecular weight is 700 g/mol. The van der Waals surface area contributed by atoms with Gasteiger partial charge in [-0.3, -0.25) is 0 Å². The van der Waals surface area contributed by atoms with Crippen LogP contribution in [0.4, 0.5) is 0 Å². The van der Waals surface area contributed by atoms with E-state index < -0.39 is 33.3 Å². The van der Waals surface area contributed by atoms with Gasteiger partial charge in [0, 0.05) is 10.6 Å². The molecule has 0 radical (unpaired) electrons. The highest BCUT2D eigenvalue weighted by molar-refractivity contribution is 6.71. The molecule has 1 unspecified atom stereocenters. The van der Waals surface area contributed by atoms with Crippen molar-refractivity contribution in [1.29, 1.82) is 0 Å².